The van der Waals surface area contributed by atoms with Crippen molar-refractivity contribution < 1.29 is 28.6 Å². The fourth-order valence-corrected chi connectivity index (χ4v) is 4.21. The topological polar surface area (TPSA) is 121 Å². The molecule has 5 rings (SSSR count). The molecule has 2 aliphatic heterocycles. The van der Waals surface area contributed by atoms with Gasteiger partial charge in [0, 0.05) is 24.4 Å². The summed E-state index contributed by atoms with van der Waals surface area (Å²) in [5, 5.41) is 14.3. The van der Waals surface area contributed by atoms with Gasteiger partial charge >= 0.3 is 6.03 Å². The summed E-state index contributed by atoms with van der Waals surface area (Å²) < 4.78 is 19.2. The Balaban J connectivity index is 1.36. The Morgan fingerprint density at radius 3 is 2.59 bits per heavy atom. The summed E-state index contributed by atoms with van der Waals surface area (Å²) in [5.74, 6) is -0.962. The molecule has 0 bridgehead atoms. The van der Waals surface area contributed by atoms with Crippen LogP contribution in [0.3, 0.4) is 0 Å². The average Bonchev–Trinajstić information content (AvgIpc) is 3.27. The molecular weight excluding hydrogens is 443 g/mol. The van der Waals surface area contributed by atoms with E-state index in [2.05, 4.69) is 15.6 Å². The first-order valence-electron chi connectivity index (χ1n) is 10.4. The van der Waals surface area contributed by atoms with Crippen LogP contribution >= 0.6 is 0 Å². The maximum Gasteiger partial charge on any atom is 0.322 e. The number of amides is 4. The molecule has 10 heteroatoms. The van der Waals surface area contributed by atoms with E-state index >= 15 is 0 Å². The van der Waals surface area contributed by atoms with Crippen LogP contribution in [-0.4, -0.2) is 39.4 Å². The van der Waals surface area contributed by atoms with Crippen molar-refractivity contribution in [3.05, 3.63) is 88.9 Å². The number of ether oxygens (including phenoxy) is 1. The van der Waals surface area contributed by atoms with Crippen LogP contribution in [0.2, 0.25) is 0 Å². The summed E-state index contributed by atoms with van der Waals surface area (Å²) >= 11 is 0. The molecule has 2 aliphatic rings. The number of nitrogens with one attached hydrogen (secondary N) is 2. The summed E-state index contributed by atoms with van der Waals surface area (Å²) in [4.78, 5) is 43.0. The first-order valence-corrected chi connectivity index (χ1v) is 10.4. The quantitative estimate of drug-likeness (QED) is 0.483. The smallest absolute Gasteiger partial charge is 0.322 e. The van der Waals surface area contributed by atoms with E-state index in [1.165, 1.54) is 41.4 Å². The number of aromatic hydroxyl groups is 1. The fraction of sp³-hybridized carbons (Fsp3) is 0.167. The van der Waals surface area contributed by atoms with Crippen molar-refractivity contribution >= 4 is 17.8 Å². The molecule has 0 radical (unpaired) electrons. The van der Waals surface area contributed by atoms with E-state index in [0.717, 1.165) is 5.56 Å². The lowest BCUT2D eigenvalue weighted by Crippen LogP contribution is -2.52. The van der Waals surface area contributed by atoms with Crippen molar-refractivity contribution in [1.29, 1.82) is 0 Å². The molecule has 0 spiro atoms. The molecular formula is C24H19FN4O5. The highest BCUT2D eigenvalue weighted by molar-refractivity contribution is 6.08. The highest BCUT2D eigenvalue weighted by atomic mass is 19.1. The van der Waals surface area contributed by atoms with E-state index in [4.69, 9.17) is 4.74 Å². The van der Waals surface area contributed by atoms with Gasteiger partial charge in [-0.05, 0) is 53.1 Å². The van der Waals surface area contributed by atoms with Crippen molar-refractivity contribution in [2.75, 3.05) is 6.54 Å². The van der Waals surface area contributed by atoms with Gasteiger partial charge in [0.15, 0.2) is 5.54 Å². The number of imide groups is 1. The Morgan fingerprint density at radius 1 is 1.09 bits per heavy atom. The van der Waals surface area contributed by atoms with Gasteiger partial charge in [-0.1, -0.05) is 12.1 Å². The minimum absolute atomic E-state index is 0.102. The van der Waals surface area contributed by atoms with Gasteiger partial charge in [-0.3, -0.25) is 14.9 Å². The van der Waals surface area contributed by atoms with E-state index in [0.29, 0.717) is 22.4 Å². The first kappa shape index (κ1) is 21.4. The molecule has 1 unspecified atom stereocenters. The third-order valence-corrected chi connectivity index (χ3v) is 5.88. The summed E-state index contributed by atoms with van der Waals surface area (Å²) in [6.07, 6.45) is 1.47. The number of hydrogen-bond donors (Lipinski definition) is 3. The molecule has 3 aromatic rings. The summed E-state index contributed by atoms with van der Waals surface area (Å²) in [6.45, 7) is 0.274. The molecule has 172 valence electrons. The number of rotatable bonds is 6. The molecule has 3 heterocycles. The number of nitrogens with zero attached hydrogens (tertiary/aromatic N) is 2. The van der Waals surface area contributed by atoms with Crippen molar-refractivity contribution in [2.24, 2.45) is 0 Å². The Hall–Kier alpha value is -4.47. The molecule has 4 amide bonds. The van der Waals surface area contributed by atoms with E-state index in [1.54, 1.807) is 24.3 Å². The molecule has 0 saturated carbocycles. The Kier molecular flexibility index (Phi) is 5.12. The number of benzene rings is 2. The minimum atomic E-state index is -1.54. The molecule has 34 heavy (non-hydrogen) atoms. The number of halogens is 1. The van der Waals surface area contributed by atoms with Crippen LogP contribution in [0.4, 0.5) is 9.18 Å². The van der Waals surface area contributed by atoms with Crippen molar-refractivity contribution in [3.8, 4) is 11.6 Å². The second-order valence-corrected chi connectivity index (χ2v) is 8.11. The predicted molar refractivity (Wildman–Crippen MR) is 116 cm³/mol. The molecule has 1 atom stereocenters. The van der Waals surface area contributed by atoms with Crippen molar-refractivity contribution in [1.82, 2.24) is 20.5 Å². The van der Waals surface area contributed by atoms with Crippen LogP contribution in [0.25, 0.3) is 0 Å². The van der Waals surface area contributed by atoms with Gasteiger partial charge in [-0.2, -0.15) is 0 Å². The third-order valence-electron chi connectivity index (χ3n) is 5.88. The maximum atomic E-state index is 13.5. The van der Waals surface area contributed by atoms with Crippen LogP contribution < -0.4 is 15.4 Å². The lowest BCUT2D eigenvalue weighted by atomic mass is 9.89. The number of carbonyl (C=O) groups excluding carboxylic acids is 3. The van der Waals surface area contributed by atoms with Gasteiger partial charge < -0.3 is 20.1 Å². The average molecular weight is 462 g/mol. The van der Waals surface area contributed by atoms with Crippen LogP contribution in [0.5, 0.6) is 11.6 Å². The van der Waals surface area contributed by atoms with E-state index in [9.17, 15) is 23.9 Å². The second-order valence-electron chi connectivity index (χ2n) is 8.11. The predicted octanol–water partition coefficient (Wildman–Crippen LogP) is 2.20. The van der Waals surface area contributed by atoms with E-state index < -0.39 is 23.3 Å². The number of hydrogen-bond acceptors (Lipinski definition) is 6. The molecule has 1 saturated heterocycles. The van der Waals surface area contributed by atoms with E-state index in [-0.39, 0.29) is 31.5 Å². The Labute approximate surface area is 193 Å². The zero-order chi connectivity index (χ0) is 23.9. The highest BCUT2D eigenvalue weighted by Crippen LogP contribution is 2.32. The molecule has 0 aliphatic carbocycles. The van der Waals surface area contributed by atoms with Crippen LogP contribution in [0.15, 0.2) is 60.8 Å². The van der Waals surface area contributed by atoms with Gasteiger partial charge in [0.1, 0.15) is 18.2 Å². The zero-order valence-electron chi connectivity index (χ0n) is 17.7. The molecule has 9 nitrogen and oxygen atoms in total. The van der Waals surface area contributed by atoms with Crippen molar-refractivity contribution in [3.63, 3.8) is 0 Å². The monoisotopic (exact) mass is 462 g/mol. The number of urea groups is 1. The highest BCUT2D eigenvalue weighted by Gasteiger charge is 2.50. The maximum absolute atomic E-state index is 13.5. The van der Waals surface area contributed by atoms with E-state index in [1.807, 2.05) is 0 Å². The molecule has 1 fully saturated rings. The van der Waals surface area contributed by atoms with Crippen LogP contribution in [0, 0.1) is 5.82 Å². The van der Waals surface area contributed by atoms with Crippen LogP contribution in [0.1, 0.15) is 27.0 Å². The summed E-state index contributed by atoms with van der Waals surface area (Å²) in [5.41, 5.74) is 0.734. The normalized spacial score (nSPS) is 19.1. The minimum Gasteiger partial charge on any atom is -0.493 e. The summed E-state index contributed by atoms with van der Waals surface area (Å²) in [6, 6.07) is 12.8. The van der Waals surface area contributed by atoms with Crippen LogP contribution in [-0.2, 0) is 23.5 Å². The Bertz CT molecular complexity index is 1310. The van der Waals surface area contributed by atoms with Gasteiger partial charge in [-0.25, -0.2) is 14.2 Å². The van der Waals surface area contributed by atoms with Gasteiger partial charge in [0.25, 0.3) is 11.8 Å². The van der Waals surface area contributed by atoms with Gasteiger partial charge in [0.2, 0.25) is 5.88 Å². The third kappa shape index (κ3) is 3.79. The molecule has 1 aromatic heterocycles. The van der Waals surface area contributed by atoms with Gasteiger partial charge in [0.05, 0.1) is 6.54 Å². The standard InChI is InChI=1S/C24H19FN4O5/c25-17-3-1-16(2-4-17)24(22(32)27-23(33)28-24)13-29-11-15-10-18(5-6-19(15)21(29)31)34-12-14-7-8-26-20(30)9-14/h1-10H,11-13H2,(H,26,30)(H2,27,28,32,33). The number of pyridine rings is 1. The molecule has 3 N–H and O–H groups in total. The summed E-state index contributed by atoms with van der Waals surface area (Å²) in [7, 11) is 0. The second kappa shape index (κ2) is 8.14. The number of aromatic nitrogens is 1. The largest absolute Gasteiger partial charge is 0.493 e. The Morgan fingerprint density at radius 2 is 1.88 bits per heavy atom. The fourth-order valence-electron chi connectivity index (χ4n) is 4.21. The SMILES string of the molecule is O=C1NC(=O)C(CN2Cc3cc(OCc4ccnc(O)c4)ccc3C2=O)(c2ccc(F)cc2)N1. The zero-order valence-corrected chi connectivity index (χ0v) is 17.7. The lowest BCUT2D eigenvalue weighted by molar-refractivity contribution is -0.124. The number of fused-ring (bicyclic) bond motifs is 1. The first-order chi connectivity index (χ1) is 16.3. The van der Waals surface area contributed by atoms with Gasteiger partial charge in [-0.15, -0.1) is 0 Å². The number of carbonyl (C=O) groups is 3. The molecule has 2 aromatic carbocycles. The van der Waals surface area contributed by atoms with Crippen molar-refractivity contribution in [2.45, 2.75) is 18.7 Å². The lowest BCUT2D eigenvalue weighted by Gasteiger charge is -2.31.